The van der Waals surface area contributed by atoms with Crippen molar-refractivity contribution >= 4 is 62.3 Å². The predicted octanol–water partition coefficient (Wildman–Crippen LogP) is 4.35. The molecule has 11 heteroatoms. The van der Waals surface area contributed by atoms with E-state index in [2.05, 4.69) is 5.32 Å². The molecule has 2 aromatic carbocycles. The topological polar surface area (TPSA) is 86.8 Å². The van der Waals surface area contributed by atoms with E-state index in [0.717, 1.165) is 16.1 Å². The Kier molecular flexibility index (Phi) is 9.43. The van der Waals surface area contributed by atoms with Crippen LogP contribution in [0.2, 0.25) is 15.1 Å². The quantitative estimate of drug-likeness (QED) is 0.518. The zero-order valence-electron chi connectivity index (χ0n) is 18.7. The summed E-state index contributed by atoms with van der Waals surface area (Å²) in [7, 11) is -3.85. The maximum Gasteiger partial charge on any atom is 0.244 e. The summed E-state index contributed by atoms with van der Waals surface area (Å²) in [5, 5.41) is 3.72. The van der Waals surface area contributed by atoms with E-state index in [1.165, 1.54) is 23.1 Å². The maximum atomic E-state index is 13.4. The molecule has 7 nitrogen and oxygen atoms in total. The normalized spacial score (nSPS) is 12.4. The van der Waals surface area contributed by atoms with Gasteiger partial charge >= 0.3 is 0 Å². The summed E-state index contributed by atoms with van der Waals surface area (Å²) in [6, 6.07) is 10.1. The van der Waals surface area contributed by atoms with E-state index in [0.29, 0.717) is 5.02 Å². The lowest BCUT2D eigenvalue weighted by atomic mass is 10.1. The predicted molar refractivity (Wildman–Crippen MR) is 133 cm³/mol. The van der Waals surface area contributed by atoms with Crippen molar-refractivity contribution in [2.24, 2.45) is 0 Å². The van der Waals surface area contributed by atoms with Crippen LogP contribution in [0.4, 0.5) is 5.69 Å². The Morgan fingerprint density at radius 2 is 1.58 bits per heavy atom. The van der Waals surface area contributed by atoms with Gasteiger partial charge in [0.2, 0.25) is 21.8 Å². The van der Waals surface area contributed by atoms with Gasteiger partial charge in [0.15, 0.2) is 0 Å². The van der Waals surface area contributed by atoms with Crippen molar-refractivity contribution in [3.63, 3.8) is 0 Å². The number of carbonyl (C=O) groups is 2. The second kappa shape index (κ2) is 11.4. The highest BCUT2D eigenvalue weighted by Gasteiger charge is 2.30. The van der Waals surface area contributed by atoms with Crippen molar-refractivity contribution in [3.05, 3.63) is 63.1 Å². The Morgan fingerprint density at radius 1 is 0.970 bits per heavy atom. The molecule has 0 saturated heterocycles. The number of halogens is 3. The fourth-order valence-electron chi connectivity index (χ4n) is 3.03. The summed E-state index contributed by atoms with van der Waals surface area (Å²) in [5.41, 5.74) is 0.920. The minimum absolute atomic E-state index is 0.0850. The zero-order chi connectivity index (χ0) is 24.9. The number of amides is 2. The molecule has 2 aromatic rings. The van der Waals surface area contributed by atoms with Gasteiger partial charge in [-0.3, -0.25) is 13.9 Å². The Hall–Kier alpha value is -2.00. The van der Waals surface area contributed by atoms with E-state index in [4.69, 9.17) is 34.8 Å². The van der Waals surface area contributed by atoms with Gasteiger partial charge in [-0.1, -0.05) is 46.9 Å². The van der Waals surface area contributed by atoms with Crippen molar-refractivity contribution in [2.45, 2.75) is 39.4 Å². The number of rotatable bonds is 9. The van der Waals surface area contributed by atoms with Crippen molar-refractivity contribution in [1.29, 1.82) is 0 Å². The van der Waals surface area contributed by atoms with Crippen LogP contribution >= 0.6 is 34.8 Å². The van der Waals surface area contributed by atoms with E-state index in [1.54, 1.807) is 31.2 Å². The third-order valence-electron chi connectivity index (χ3n) is 4.73. The van der Waals surface area contributed by atoms with E-state index < -0.39 is 28.5 Å². The van der Waals surface area contributed by atoms with Gasteiger partial charge in [-0.2, -0.15) is 0 Å². The van der Waals surface area contributed by atoms with Gasteiger partial charge in [-0.25, -0.2) is 8.42 Å². The zero-order valence-corrected chi connectivity index (χ0v) is 21.8. The smallest absolute Gasteiger partial charge is 0.244 e. The Bertz CT molecular complexity index is 1110. The summed E-state index contributed by atoms with van der Waals surface area (Å²) in [5.74, 6) is -0.916. The third-order valence-corrected chi connectivity index (χ3v) is 6.87. The molecule has 0 unspecified atom stereocenters. The third kappa shape index (κ3) is 7.78. The largest absolute Gasteiger partial charge is 0.352 e. The molecule has 33 heavy (non-hydrogen) atoms. The number of hydrogen-bond donors (Lipinski definition) is 1. The number of nitrogens with one attached hydrogen (secondary N) is 1. The van der Waals surface area contributed by atoms with Crippen LogP contribution in [0, 0.1) is 0 Å². The highest BCUT2D eigenvalue weighted by atomic mass is 35.5. The van der Waals surface area contributed by atoms with Gasteiger partial charge in [0.25, 0.3) is 0 Å². The molecule has 0 aliphatic carbocycles. The van der Waals surface area contributed by atoms with Crippen molar-refractivity contribution in [3.8, 4) is 0 Å². The molecule has 0 spiro atoms. The molecule has 2 rings (SSSR count). The molecular weight excluding hydrogens is 509 g/mol. The standard InChI is InChI=1S/C22H26Cl3N3O4S/c1-14(2)26-22(30)15(3)27(12-16-5-7-17(23)8-6-16)21(29)13-28(33(4,31)32)18-9-10-19(24)20(25)11-18/h5-11,14-15H,12-13H2,1-4H3,(H,26,30)/t15-/m0/s1. The summed E-state index contributed by atoms with van der Waals surface area (Å²) in [6.45, 7) is 4.78. The van der Waals surface area contributed by atoms with Crippen LogP contribution in [0.3, 0.4) is 0 Å². The highest BCUT2D eigenvalue weighted by Crippen LogP contribution is 2.28. The summed E-state index contributed by atoms with van der Waals surface area (Å²) in [6.07, 6.45) is 0.987. The first kappa shape index (κ1) is 27.2. The van der Waals surface area contributed by atoms with Crippen LogP contribution in [0.25, 0.3) is 0 Å². The van der Waals surface area contributed by atoms with E-state index in [9.17, 15) is 18.0 Å². The van der Waals surface area contributed by atoms with Gasteiger partial charge in [0.05, 0.1) is 22.0 Å². The number of sulfonamides is 1. The number of hydrogen-bond acceptors (Lipinski definition) is 4. The lowest BCUT2D eigenvalue weighted by Gasteiger charge is -2.32. The molecule has 0 aliphatic rings. The van der Waals surface area contributed by atoms with Gasteiger partial charge in [-0.05, 0) is 56.7 Å². The molecule has 2 amide bonds. The van der Waals surface area contributed by atoms with Gasteiger partial charge in [-0.15, -0.1) is 0 Å². The molecule has 0 bridgehead atoms. The number of carbonyl (C=O) groups excluding carboxylic acids is 2. The van der Waals surface area contributed by atoms with E-state index in [1.807, 2.05) is 13.8 Å². The lowest BCUT2D eigenvalue weighted by molar-refractivity contribution is -0.139. The Labute approximate surface area is 209 Å². The molecule has 0 saturated carbocycles. The molecule has 0 fully saturated rings. The fraction of sp³-hybridized carbons (Fsp3) is 0.364. The van der Waals surface area contributed by atoms with Gasteiger partial charge in [0, 0.05) is 17.6 Å². The molecule has 0 aliphatic heterocycles. The molecule has 180 valence electrons. The molecule has 0 heterocycles. The number of anilines is 1. The summed E-state index contributed by atoms with van der Waals surface area (Å²) in [4.78, 5) is 27.4. The first-order chi connectivity index (χ1) is 15.3. The number of benzene rings is 2. The van der Waals surface area contributed by atoms with Gasteiger partial charge in [0.1, 0.15) is 12.6 Å². The van der Waals surface area contributed by atoms with Crippen LogP contribution in [-0.2, 0) is 26.2 Å². The summed E-state index contributed by atoms with van der Waals surface area (Å²) >= 11 is 18.0. The molecule has 1 N–H and O–H groups in total. The fourth-order valence-corrected chi connectivity index (χ4v) is 4.29. The van der Waals surface area contributed by atoms with Crippen LogP contribution in [0.1, 0.15) is 26.3 Å². The van der Waals surface area contributed by atoms with E-state index in [-0.39, 0.29) is 34.2 Å². The van der Waals surface area contributed by atoms with Crippen LogP contribution in [-0.4, -0.2) is 50.0 Å². The van der Waals surface area contributed by atoms with Gasteiger partial charge < -0.3 is 10.2 Å². The molecule has 0 aromatic heterocycles. The Balaban J connectivity index is 2.40. The minimum atomic E-state index is -3.85. The highest BCUT2D eigenvalue weighted by molar-refractivity contribution is 7.92. The molecular formula is C22H26Cl3N3O4S. The van der Waals surface area contributed by atoms with Crippen molar-refractivity contribution in [1.82, 2.24) is 10.2 Å². The van der Waals surface area contributed by atoms with Crippen molar-refractivity contribution in [2.75, 3.05) is 17.1 Å². The molecule has 1 atom stereocenters. The average molecular weight is 535 g/mol. The molecule has 0 radical (unpaired) electrons. The second-order valence-corrected chi connectivity index (χ2v) is 11.0. The van der Waals surface area contributed by atoms with E-state index >= 15 is 0 Å². The first-order valence-electron chi connectivity index (χ1n) is 10.1. The first-order valence-corrected chi connectivity index (χ1v) is 13.0. The number of nitrogens with zero attached hydrogens (tertiary/aromatic N) is 2. The van der Waals surface area contributed by atoms with Crippen LogP contribution < -0.4 is 9.62 Å². The second-order valence-electron chi connectivity index (χ2n) is 7.86. The van der Waals surface area contributed by atoms with Crippen LogP contribution in [0.15, 0.2) is 42.5 Å². The maximum absolute atomic E-state index is 13.4. The lowest BCUT2D eigenvalue weighted by Crippen LogP contribution is -2.52. The average Bonchev–Trinajstić information content (AvgIpc) is 2.71. The van der Waals surface area contributed by atoms with Crippen LogP contribution in [0.5, 0.6) is 0 Å². The Morgan fingerprint density at radius 3 is 2.09 bits per heavy atom. The monoisotopic (exact) mass is 533 g/mol. The minimum Gasteiger partial charge on any atom is -0.352 e. The van der Waals surface area contributed by atoms with Crippen molar-refractivity contribution < 1.29 is 18.0 Å². The summed E-state index contributed by atoms with van der Waals surface area (Å²) < 4.78 is 26.0. The SMILES string of the molecule is CC(C)NC(=O)[C@H](C)N(Cc1ccc(Cl)cc1)C(=O)CN(c1ccc(Cl)c(Cl)c1)S(C)(=O)=O.